The van der Waals surface area contributed by atoms with Gasteiger partial charge in [0, 0.05) is 80.3 Å². The number of likely N-dealkylation sites (tertiary alicyclic amines) is 1. The van der Waals surface area contributed by atoms with E-state index in [-0.39, 0.29) is 84.5 Å². The zero-order valence-corrected chi connectivity index (χ0v) is 51.3. The topological polar surface area (TPSA) is 325 Å². The average Bonchev–Trinajstić information content (AvgIpc) is 2.56. The van der Waals surface area contributed by atoms with Gasteiger partial charge in [-0.3, -0.25) is 48.5 Å². The Bertz CT molecular complexity index is 3620. The molecule has 474 valence electrons. The van der Waals surface area contributed by atoms with Crippen LogP contribution in [0.15, 0.2) is 71.6 Å². The Morgan fingerprint density at radius 2 is 1.66 bits per heavy atom. The van der Waals surface area contributed by atoms with E-state index in [1.165, 1.54) is 34.1 Å². The van der Waals surface area contributed by atoms with Crippen LogP contribution in [0.1, 0.15) is 133 Å². The Morgan fingerprint density at radius 3 is 2.36 bits per heavy atom. The van der Waals surface area contributed by atoms with Crippen molar-refractivity contribution >= 4 is 93.0 Å². The summed E-state index contributed by atoms with van der Waals surface area (Å²) in [5, 5.41) is 10.5. The van der Waals surface area contributed by atoms with Crippen LogP contribution in [0.3, 0.4) is 0 Å². The van der Waals surface area contributed by atoms with Gasteiger partial charge in [0.1, 0.15) is 30.2 Å². The van der Waals surface area contributed by atoms with E-state index in [9.17, 15) is 60.3 Å². The smallest absolute Gasteiger partial charge is 0.370 e. The number of fused-ring (bicyclic) bond motifs is 3. The monoisotopic (exact) mass is 1290 g/mol. The number of carbonyl (C=O) groups excluding carboxylic acids is 9. The number of halogens is 2. The Kier molecular flexibility index (Phi) is 19.9. The second-order valence-electron chi connectivity index (χ2n) is 23.5. The molecule has 6 heterocycles. The number of alkyl halides is 2. The van der Waals surface area contributed by atoms with E-state index < -0.39 is 113 Å². The first-order valence-corrected chi connectivity index (χ1v) is 33.4. The molecule has 28 heteroatoms. The van der Waals surface area contributed by atoms with Crippen LogP contribution >= 0.6 is 19.9 Å². The Morgan fingerprint density at radius 1 is 0.910 bits per heavy atom. The number of nitrogens with zero attached hydrogens (tertiary/aromatic N) is 4. The molecular formula is C61H70F2N9O14PS2. The predicted octanol–water partition coefficient (Wildman–Crippen LogP) is 3.61. The number of hydrogen-bond acceptors (Lipinski definition) is 16. The van der Waals surface area contributed by atoms with Gasteiger partial charge in [0.2, 0.25) is 41.4 Å². The maximum absolute atomic E-state index is 14.8. The molecule has 3 aromatic carbocycles. The van der Waals surface area contributed by atoms with Gasteiger partial charge in [-0.15, -0.1) is 11.3 Å². The number of primary amides is 1. The van der Waals surface area contributed by atoms with Crippen molar-refractivity contribution in [3.8, 4) is 11.8 Å². The average molecular weight is 1290 g/mol. The molecule has 1 aliphatic carbocycles. The van der Waals surface area contributed by atoms with E-state index in [2.05, 4.69) is 37.6 Å². The van der Waals surface area contributed by atoms with Crippen molar-refractivity contribution in [1.82, 2.24) is 40.9 Å². The molecule has 5 aliphatic heterocycles. The minimum absolute atomic E-state index is 0.0608. The molecule has 10 rings (SSSR count). The van der Waals surface area contributed by atoms with E-state index >= 15 is 0 Å². The lowest BCUT2D eigenvalue weighted by atomic mass is 9.91. The molecule has 4 saturated heterocycles. The van der Waals surface area contributed by atoms with Gasteiger partial charge in [0.15, 0.2) is 9.84 Å². The molecule has 89 heavy (non-hydrogen) atoms. The summed E-state index contributed by atoms with van der Waals surface area (Å²) in [6, 6.07) is 10.00. The highest BCUT2D eigenvalue weighted by molar-refractivity contribution is 7.92. The van der Waals surface area contributed by atoms with Gasteiger partial charge in [-0.05, 0) is 142 Å². The van der Waals surface area contributed by atoms with Gasteiger partial charge in [-0.2, -0.15) is 8.78 Å². The lowest BCUT2D eigenvalue weighted by molar-refractivity contribution is -0.189. The van der Waals surface area contributed by atoms with Gasteiger partial charge in [-0.25, -0.2) is 12.9 Å². The zero-order chi connectivity index (χ0) is 63.5. The minimum Gasteiger partial charge on any atom is -0.370 e. The summed E-state index contributed by atoms with van der Waals surface area (Å²) in [6.07, 6.45) is 0.281. The molecule has 1 saturated carbocycles. The molecule has 1 aromatic heterocycles. The fourth-order valence-electron chi connectivity index (χ4n) is 12.5. The number of hydrogen-bond donors (Lipinski definition) is 7. The first-order chi connectivity index (χ1) is 42.5. The number of sulfone groups is 1. The Balaban J connectivity index is 0.810. The third-order valence-electron chi connectivity index (χ3n) is 17.6. The number of rotatable bonds is 21. The van der Waals surface area contributed by atoms with Crippen LogP contribution in [-0.4, -0.2) is 165 Å². The Hall–Kier alpha value is -7.31. The molecular weight excluding hydrogens is 1220 g/mol. The highest BCUT2D eigenvalue weighted by Crippen LogP contribution is 2.43. The summed E-state index contributed by atoms with van der Waals surface area (Å²) >= 11 is 0.976. The second-order valence-corrected chi connectivity index (χ2v) is 27.5. The standard InChI is InChI=1S/C61H70F2N9O14PS2/c1-2-69-27-26-40-13-19-49(72(40)60(81)47(34-69)67-57(78)51-32-38-31-39(12-21-50(38)88-51)61(62,63)86-87(82)83)56(77)65-45(18-22-52(64)73)54(75)66-46(30-36-10-14-41(15-11-36)89(84,85)42-16-17-42)59(80)70-28-24-35(25-29-70)6-3-4-7-37-8-5-9-43-44(37)33-71(58(43)79)48-20-23-53(74)68-55(48)76/h5,8-12,14-15,21,31-32,35,40,42,45-49,82-83H,2-3,6,13,16-20,22-30,33-34H2,1H3,(H2,64,73)(H,65,77)(H,66,75)(H,67,78)(H,68,74,76)/t40-,45+,46+,47+,48?,49+/m1/s1. The number of piperidine rings is 2. The minimum atomic E-state index is -4.04. The number of imide groups is 1. The third-order valence-corrected chi connectivity index (χ3v) is 21.4. The van der Waals surface area contributed by atoms with Gasteiger partial charge >= 0.3 is 14.7 Å². The first-order valence-electron chi connectivity index (χ1n) is 29.9. The van der Waals surface area contributed by atoms with Crippen LogP contribution in [-0.2, 0) is 67.0 Å². The normalized spacial score (nSPS) is 21.7. The van der Waals surface area contributed by atoms with E-state index in [0.717, 1.165) is 29.0 Å². The predicted molar refractivity (Wildman–Crippen MR) is 320 cm³/mol. The molecule has 0 spiro atoms. The van der Waals surface area contributed by atoms with Crippen molar-refractivity contribution in [2.24, 2.45) is 11.7 Å². The van der Waals surface area contributed by atoms with Crippen LogP contribution in [0.25, 0.3) is 10.1 Å². The summed E-state index contributed by atoms with van der Waals surface area (Å²) < 4.78 is 59.9. The number of nitrogens with two attached hydrogens (primary N) is 1. The fraction of sp³-hybridized carbons (Fsp3) is 0.492. The number of likely N-dealkylation sites (N-methyl/N-ethyl adjacent to an activating group) is 1. The quantitative estimate of drug-likeness (QED) is 0.0356. The van der Waals surface area contributed by atoms with Gasteiger partial charge in [0.25, 0.3) is 11.8 Å². The van der Waals surface area contributed by atoms with Crippen LogP contribution < -0.4 is 27.0 Å². The van der Waals surface area contributed by atoms with Gasteiger partial charge < -0.3 is 51.1 Å². The highest BCUT2D eigenvalue weighted by atomic mass is 32.2. The maximum atomic E-state index is 14.8. The van der Waals surface area contributed by atoms with E-state index in [0.29, 0.717) is 98.9 Å². The van der Waals surface area contributed by atoms with Crippen LogP contribution in [0, 0.1) is 17.8 Å². The van der Waals surface area contributed by atoms with Gasteiger partial charge in [0.05, 0.1) is 20.6 Å². The van der Waals surface area contributed by atoms with E-state index in [1.807, 2.05) is 17.9 Å². The maximum Gasteiger partial charge on any atom is 0.389 e. The lowest BCUT2D eigenvalue weighted by Gasteiger charge is -2.38. The molecule has 4 aromatic rings. The molecule has 0 radical (unpaired) electrons. The number of amides is 9. The largest absolute Gasteiger partial charge is 0.389 e. The molecule has 0 bridgehead atoms. The lowest BCUT2D eigenvalue weighted by Crippen LogP contribution is -2.62. The van der Waals surface area contributed by atoms with Crippen molar-refractivity contribution in [2.45, 2.75) is 156 Å². The zero-order valence-electron chi connectivity index (χ0n) is 48.8. The number of benzene rings is 3. The highest BCUT2D eigenvalue weighted by Gasteiger charge is 2.47. The molecule has 1 unspecified atom stereocenters. The summed E-state index contributed by atoms with van der Waals surface area (Å²) in [5.74, 6) is 1.49. The molecule has 6 atom stereocenters. The summed E-state index contributed by atoms with van der Waals surface area (Å²) in [6.45, 7) is 3.84. The van der Waals surface area contributed by atoms with Crippen LogP contribution in [0.5, 0.6) is 0 Å². The molecule has 5 fully saturated rings. The number of carbonyl (C=O) groups is 9. The third kappa shape index (κ3) is 15.0. The molecule has 23 nitrogen and oxygen atoms in total. The summed E-state index contributed by atoms with van der Waals surface area (Å²) in [4.78, 5) is 148. The van der Waals surface area contributed by atoms with Gasteiger partial charge in [-0.1, -0.05) is 37.0 Å². The van der Waals surface area contributed by atoms with E-state index in [4.69, 9.17) is 15.5 Å². The molecule has 9 amide bonds. The molecule has 6 aliphatic rings. The Labute approximate surface area is 517 Å². The number of nitrogens with one attached hydrogen (secondary N) is 4. The fourth-order valence-corrected chi connectivity index (χ4v) is 15.4. The van der Waals surface area contributed by atoms with Crippen molar-refractivity contribution in [2.75, 3.05) is 32.7 Å². The van der Waals surface area contributed by atoms with Crippen molar-refractivity contribution < 1.29 is 74.7 Å². The van der Waals surface area contributed by atoms with E-state index in [1.54, 1.807) is 29.2 Å². The SMILES string of the molecule is CCN1CC[C@H]2CC[C@@H](C(=O)N[C@@H](CCC(N)=O)C(=O)N[C@@H](Cc3ccc(S(=O)(=O)C4CC4)cc3)C(=O)N3CCC(CCC#Cc4cccc5c4CN(C4CCC(=O)NC4=O)C5=O)CC3)N2C(=O)[C@@H](NC(=O)c2cc3cc(C(F)(F)OP(O)O)ccc3s2)C1. The summed E-state index contributed by atoms with van der Waals surface area (Å²) in [7, 11) is -6.94. The van der Waals surface area contributed by atoms with Crippen LogP contribution in [0.4, 0.5) is 8.78 Å². The van der Waals surface area contributed by atoms with Crippen molar-refractivity contribution in [1.29, 1.82) is 0 Å². The van der Waals surface area contributed by atoms with Crippen molar-refractivity contribution in [3.05, 3.63) is 99.4 Å². The molecule has 8 N–H and O–H groups in total. The first kappa shape index (κ1) is 64.7. The van der Waals surface area contributed by atoms with Crippen molar-refractivity contribution in [3.63, 3.8) is 0 Å². The summed E-state index contributed by atoms with van der Waals surface area (Å²) in [5.41, 5.74) is 7.31. The number of thiophene rings is 1. The van der Waals surface area contributed by atoms with Crippen LogP contribution in [0.2, 0.25) is 0 Å². The second kappa shape index (κ2) is 27.4.